The summed E-state index contributed by atoms with van der Waals surface area (Å²) in [5.74, 6) is -1.08. The molecule has 1 atom stereocenters. The van der Waals surface area contributed by atoms with Gasteiger partial charge in [-0.05, 0) is 73.5 Å². The van der Waals surface area contributed by atoms with Crippen molar-refractivity contribution in [3.63, 3.8) is 0 Å². The molecule has 0 radical (unpaired) electrons. The van der Waals surface area contributed by atoms with Crippen LogP contribution in [0.3, 0.4) is 0 Å². The number of hydrogen-bond donors (Lipinski definition) is 3. The molecule has 238 valence electrons. The number of benzene rings is 4. The third-order valence-corrected chi connectivity index (χ3v) is 9.56. The predicted octanol–water partition coefficient (Wildman–Crippen LogP) is 9.34. The summed E-state index contributed by atoms with van der Waals surface area (Å²) in [5, 5.41) is 11.4. The van der Waals surface area contributed by atoms with Crippen LogP contribution < -0.4 is 16.0 Å². The normalized spacial score (nSPS) is 11.9. The van der Waals surface area contributed by atoms with Gasteiger partial charge in [0.05, 0.1) is 16.0 Å². The zero-order valence-electron chi connectivity index (χ0n) is 25.4. The highest BCUT2D eigenvalue weighted by molar-refractivity contribution is 8.00. The highest BCUT2D eigenvalue weighted by atomic mass is 35.5. The predicted molar refractivity (Wildman–Crippen MR) is 194 cm³/mol. The molecule has 0 fully saturated rings. The molecule has 4 aromatic carbocycles. The van der Waals surface area contributed by atoms with Gasteiger partial charge in [-0.25, -0.2) is 4.98 Å². The Labute approximate surface area is 291 Å². The second-order valence-corrected chi connectivity index (χ2v) is 13.4. The maximum absolute atomic E-state index is 13.5. The van der Waals surface area contributed by atoms with Gasteiger partial charge >= 0.3 is 0 Å². The van der Waals surface area contributed by atoms with Crippen molar-refractivity contribution in [2.45, 2.75) is 30.4 Å². The molecule has 47 heavy (non-hydrogen) atoms. The van der Waals surface area contributed by atoms with E-state index < -0.39 is 17.1 Å². The first-order valence-electron chi connectivity index (χ1n) is 14.6. The van der Waals surface area contributed by atoms with Crippen molar-refractivity contribution in [1.82, 2.24) is 10.3 Å². The monoisotopic (exact) mass is 700 g/mol. The molecule has 0 aliphatic heterocycles. The second kappa shape index (κ2) is 15.9. The number of carbonyl (C=O) groups excluding carboxylic acids is 3. The lowest BCUT2D eigenvalue weighted by Crippen LogP contribution is -2.30. The summed E-state index contributed by atoms with van der Waals surface area (Å²) in [6.45, 7) is 3.91. The van der Waals surface area contributed by atoms with Gasteiger partial charge in [-0.2, -0.15) is 0 Å². The molecule has 3 amide bonds. The van der Waals surface area contributed by atoms with Crippen molar-refractivity contribution in [3.05, 3.63) is 135 Å². The average Bonchev–Trinajstić information content (AvgIpc) is 3.52. The Bertz CT molecular complexity index is 1930. The van der Waals surface area contributed by atoms with Crippen molar-refractivity contribution in [3.8, 4) is 11.3 Å². The van der Waals surface area contributed by atoms with Crippen molar-refractivity contribution in [2.24, 2.45) is 0 Å². The number of aromatic nitrogens is 1. The summed E-state index contributed by atoms with van der Waals surface area (Å²) in [5.41, 5.74) is 4.25. The summed E-state index contributed by atoms with van der Waals surface area (Å²) in [4.78, 5) is 45.1. The van der Waals surface area contributed by atoms with Crippen LogP contribution in [-0.2, 0) is 9.59 Å². The van der Waals surface area contributed by atoms with Gasteiger partial charge in [0.15, 0.2) is 5.13 Å². The van der Waals surface area contributed by atoms with E-state index in [1.165, 1.54) is 23.1 Å². The van der Waals surface area contributed by atoms with Crippen molar-refractivity contribution < 1.29 is 14.4 Å². The largest absolute Gasteiger partial charge is 0.321 e. The number of nitrogens with one attached hydrogen (secondary N) is 3. The molecular weight excluding hydrogens is 671 g/mol. The van der Waals surface area contributed by atoms with E-state index in [9.17, 15) is 14.4 Å². The molecule has 0 spiro atoms. The number of hydrogen-bond acceptors (Lipinski definition) is 6. The number of rotatable bonds is 11. The molecule has 5 rings (SSSR count). The molecule has 0 saturated heterocycles. The van der Waals surface area contributed by atoms with E-state index in [-0.39, 0.29) is 11.6 Å². The average molecular weight is 702 g/mol. The first kappa shape index (κ1) is 33.9. The minimum atomic E-state index is -0.484. The smallest absolute Gasteiger partial charge is 0.272 e. The van der Waals surface area contributed by atoms with E-state index in [0.29, 0.717) is 38.5 Å². The molecule has 3 N–H and O–H groups in total. The number of aryl methyl sites for hydroxylation is 1. The Hall–Kier alpha value is -4.41. The Morgan fingerprint density at radius 1 is 0.915 bits per heavy atom. The molecule has 0 saturated carbocycles. The Balaban J connectivity index is 1.27. The van der Waals surface area contributed by atoms with Gasteiger partial charge in [-0.15, -0.1) is 23.1 Å². The zero-order chi connectivity index (χ0) is 33.3. The van der Waals surface area contributed by atoms with Crippen LogP contribution in [0, 0.1) is 6.92 Å². The number of thiazole rings is 1. The molecule has 1 heterocycles. The van der Waals surface area contributed by atoms with Crippen molar-refractivity contribution in [2.75, 3.05) is 10.6 Å². The van der Waals surface area contributed by atoms with Crippen LogP contribution in [0.4, 0.5) is 10.8 Å². The third-order valence-electron chi connectivity index (χ3n) is 6.89. The number of carbonyl (C=O) groups is 3. The van der Waals surface area contributed by atoms with Crippen LogP contribution in [0.1, 0.15) is 34.8 Å². The summed E-state index contributed by atoms with van der Waals surface area (Å²) in [6, 6.07) is 28.7. The standard InChI is InChI=1S/C36H30Cl2N4O3S2/c1-3-32(35(45)42-36-41-31(21-46-36)28-17-16-25(37)19-29(28)38)47-27-11-7-10-26(20-27)39-34(44)30(18-23-14-12-22(2)13-15-23)40-33(43)24-8-5-4-6-9-24/h4-21,32H,3H2,1-2H3,(H,39,44)(H,40,43)(H,41,42,45)/b30-18-. The van der Waals surface area contributed by atoms with Gasteiger partial charge in [-0.3, -0.25) is 14.4 Å². The van der Waals surface area contributed by atoms with Gasteiger partial charge in [-0.1, -0.05) is 84.2 Å². The molecule has 1 unspecified atom stereocenters. The van der Waals surface area contributed by atoms with E-state index >= 15 is 0 Å². The van der Waals surface area contributed by atoms with Gasteiger partial charge in [0, 0.05) is 32.1 Å². The van der Waals surface area contributed by atoms with Crippen LogP contribution in [0.15, 0.2) is 113 Å². The molecule has 11 heteroatoms. The van der Waals surface area contributed by atoms with Crippen LogP contribution in [0.25, 0.3) is 17.3 Å². The van der Waals surface area contributed by atoms with Crippen molar-refractivity contribution in [1.29, 1.82) is 0 Å². The topological polar surface area (TPSA) is 100 Å². The fraction of sp³-hybridized carbons (Fsp3) is 0.111. The maximum Gasteiger partial charge on any atom is 0.272 e. The third kappa shape index (κ3) is 9.33. The van der Waals surface area contributed by atoms with Gasteiger partial charge in [0.25, 0.3) is 11.8 Å². The number of amides is 3. The van der Waals surface area contributed by atoms with E-state index in [1.54, 1.807) is 66.7 Å². The minimum Gasteiger partial charge on any atom is -0.321 e. The first-order valence-corrected chi connectivity index (χ1v) is 17.1. The SMILES string of the molecule is CCC(Sc1cccc(NC(=O)/C(=C/c2ccc(C)cc2)NC(=O)c2ccccc2)c1)C(=O)Nc1nc(-c2ccc(Cl)cc2Cl)cs1. The maximum atomic E-state index is 13.5. The molecule has 0 aliphatic carbocycles. The van der Waals surface area contributed by atoms with Crippen LogP contribution in [0.2, 0.25) is 10.0 Å². The van der Waals surface area contributed by atoms with Gasteiger partial charge in [0.2, 0.25) is 5.91 Å². The lowest BCUT2D eigenvalue weighted by Gasteiger charge is -2.15. The van der Waals surface area contributed by atoms with Crippen LogP contribution in [0.5, 0.6) is 0 Å². The Kier molecular flexibility index (Phi) is 11.5. The molecule has 0 bridgehead atoms. The highest BCUT2D eigenvalue weighted by Crippen LogP contribution is 2.33. The molecular formula is C36H30Cl2N4O3S2. The number of anilines is 2. The quantitative estimate of drug-likeness (QED) is 0.0942. The zero-order valence-corrected chi connectivity index (χ0v) is 28.6. The summed E-state index contributed by atoms with van der Waals surface area (Å²) < 4.78 is 0. The summed E-state index contributed by atoms with van der Waals surface area (Å²) >= 11 is 15.0. The summed E-state index contributed by atoms with van der Waals surface area (Å²) in [6.07, 6.45) is 2.19. The minimum absolute atomic E-state index is 0.0919. The molecule has 1 aromatic heterocycles. The van der Waals surface area contributed by atoms with E-state index in [2.05, 4.69) is 20.9 Å². The Morgan fingerprint density at radius 2 is 1.68 bits per heavy atom. The van der Waals surface area contributed by atoms with Gasteiger partial charge in [0.1, 0.15) is 5.70 Å². The number of thioether (sulfide) groups is 1. The fourth-order valence-electron chi connectivity index (χ4n) is 4.44. The van der Waals surface area contributed by atoms with E-state index in [1.807, 2.05) is 55.6 Å². The lowest BCUT2D eigenvalue weighted by atomic mass is 10.1. The number of nitrogens with zero attached hydrogens (tertiary/aromatic N) is 1. The second-order valence-electron chi connectivity index (χ2n) is 10.4. The molecule has 0 aliphatic rings. The first-order chi connectivity index (χ1) is 22.7. The van der Waals surface area contributed by atoms with E-state index in [0.717, 1.165) is 21.6 Å². The lowest BCUT2D eigenvalue weighted by molar-refractivity contribution is -0.116. The number of halogens is 2. The molecule has 7 nitrogen and oxygen atoms in total. The Morgan fingerprint density at radius 3 is 2.40 bits per heavy atom. The van der Waals surface area contributed by atoms with E-state index in [4.69, 9.17) is 23.2 Å². The molecule has 5 aromatic rings. The van der Waals surface area contributed by atoms with Crippen molar-refractivity contribution >= 4 is 80.9 Å². The van der Waals surface area contributed by atoms with Gasteiger partial charge < -0.3 is 16.0 Å². The highest BCUT2D eigenvalue weighted by Gasteiger charge is 2.21. The fourth-order valence-corrected chi connectivity index (χ4v) is 6.67. The van der Waals surface area contributed by atoms with Crippen LogP contribution in [-0.4, -0.2) is 28.0 Å². The summed E-state index contributed by atoms with van der Waals surface area (Å²) in [7, 11) is 0. The van der Waals surface area contributed by atoms with Crippen LogP contribution >= 0.6 is 46.3 Å².